The summed E-state index contributed by atoms with van der Waals surface area (Å²) in [7, 11) is -1.79. The van der Waals surface area contributed by atoms with Crippen LogP contribution in [0.3, 0.4) is 0 Å². The van der Waals surface area contributed by atoms with E-state index in [0.717, 1.165) is 18.2 Å². The highest BCUT2D eigenvalue weighted by Gasteiger charge is 2.29. The van der Waals surface area contributed by atoms with Gasteiger partial charge in [-0.3, -0.25) is 0 Å². The van der Waals surface area contributed by atoms with Crippen LogP contribution in [-0.4, -0.2) is 28.8 Å². The zero-order chi connectivity index (χ0) is 13.1. The number of nitrogens with one attached hydrogen (secondary N) is 1. The van der Waals surface area contributed by atoms with Gasteiger partial charge < -0.3 is 4.57 Å². The third-order valence-corrected chi connectivity index (χ3v) is 4.68. The van der Waals surface area contributed by atoms with Gasteiger partial charge in [-0.1, -0.05) is 22.9 Å². The molecule has 0 aromatic carbocycles. The van der Waals surface area contributed by atoms with Gasteiger partial charge in [0.1, 0.15) is 0 Å². The first-order valence-electron chi connectivity index (χ1n) is 5.41. The largest absolute Gasteiger partial charge is 0.339 e. The molecule has 0 radical (unpaired) electrons. The number of aromatic nitrogens is 2. The number of aryl methyl sites for hydroxylation is 1. The Morgan fingerprint density at radius 2 is 2.24 bits per heavy atom. The minimum absolute atomic E-state index is 0.0641. The third kappa shape index (κ3) is 3.79. The van der Waals surface area contributed by atoms with Crippen LogP contribution in [0.15, 0.2) is 17.6 Å². The molecule has 1 N–H and O–H groups in total. The van der Waals surface area contributed by atoms with Crippen molar-refractivity contribution in [3.05, 3.63) is 12.5 Å². The van der Waals surface area contributed by atoms with Crippen LogP contribution in [0, 0.1) is 0 Å². The Morgan fingerprint density at radius 1 is 1.59 bits per heavy atom. The first kappa shape index (κ1) is 14.7. The quantitative estimate of drug-likeness (QED) is 0.810. The monoisotopic (exact) mass is 323 g/mol. The fourth-order valence-electron chi connectivity index (χ4n) is 1.41. The summed E-state index contributed by atoms with van der Waals surface area (Å²) < 4.78 is 28.5. The lowest BCUT2D eigenvalue weighted by Crippen LogP contribution is -2.45. The summed E-state index contributed by atoms with van der Waals surface area (Å²) in [5, 5.41) is 0.816. The van der Waals surface area contributed by atoms with Crippen molar-refractivity contribution >= 4 is 26.0 Å². The van der Waals surface area contributed by atoms with E-state index >= 15 is 0 Å². The molecule has 1 aromatic rings. The van der Waals surface area contributed by atoms with Crippen LogP contribution in [0.2, 0.25) is 0 Å². The second-order valence-corrected chi connectivity index (χ2v) is 6.76. The molecule has 0 saturated heterocycles. The molecule has 98 valence electrons. The minimum Gasteiger partial charge on any atom is -0.339 e. The van der Waals surface area contributed by atoms with Crippen molar-refractivity contribution in [2.24, 2.45) is 7.05 Å². The molecular formula is C10H18BrN3O2S. The Kier molecular flexibility index (Phi) is 4.74. The van der Waals surface area contributed by atoms with E-state index < -0.39 is 15.6 Å². The number of nitrogens with zero attached hydrogens (tertiary/aromatic N) is 2. The highest BCUT2D eigenvalue weighted by atomic mass is 79.9. The van der Waals surface area contributed by atoms with Crippen LogP contribution < -0.4 is 4.72 Å². The van der Waals surface area contributed by atoms with E-state index in [1.165, 1.54) is 12.5 Å². The molecule has 1 rings (SSSR count). The maximum atomic E-state index is 12.1. The van der Waals surface area contributed by atoms with Gasteiger partial charge in [0.25, 0.3) is 10.0 Å². The molecule has 17 heavy (non-hydrogen) atoms. The summed E-state index contributed by atoms with van der Waals surface area (Å²) in [6.45, 7) is 3.86. The lowest BCUT2D eigenvalue weighted by molar-refractivity contribution is 0.392. The van der Waals surface area contributed by atoms with Gasteiger partial charge in [-0.2, -0.15) is 0 Å². The molecule has 0 aliphatic carbocycles. The van der Waals surface area contributed by atoms with Gasteiger partial charge in [0.05, 0.1) is 6.33 Å². The van der Waals surface area contributed by atoms with Crippen LogP contribution in [0.4, 0.5) is 0 Å². The summed E-state index contributed by atoms with van der Waals surface area (Å²) in [6.07, 6.45) is 4.43. The number of hydrogen-bond donors (Lipinski definition) is 1. The second-order valence-electron chi connectivity index (χ2n) is 4.34. The van der Waals surface area contributed by atoms with Crippen LogP contribution in [0.25, 0.3) is 0 Å². The van der Waals surface area contributed by atoms with Gasteiger partial charge in [0, 0.05) is 24.1 Å². The van der Waals surface area contributed by atoms with Crippen molar-refractivity contribution in [1.82, 2.24) is 14.3 Å². The van der Waals surface area contributed by atoms with E-state index in [0.29, 0.717) is 0 Å². The van der Waals surface area contributed by atoms with Crippen molar-refractivity contribution in [3.8, 4) is 0 Å². The molecule has 0 spiro atoms. The van der Waals surface area contributed by atoms with Crippen molar-refractivity contribution in [2.75, 3.05) is 5.33 Å². The molecule has 0 fully saturated rings. The van der Waals surface area contributed by atoms with Gasteiger partial charge >= 0.3 is 0 Å². The highest BCUT2D eigenvalue weighted by molar-refractivity contribution is 9.09. The maximum Gasteiger partial charge on any atom is 0.260 e. The Balaban J connectivity index is 2.93. The van der Waals surface area contributed by atoms with Crippen molar-refractivity contribution in [2.45, 2.75) is 37.3 Å². The lowest BCUT2D eigenvalue weighted by atomic mass is 9.98. The Hall–Kier alpha value is -0.400. The molecule has 0 aliphatic rings. The second kappa shape index (κ2) is 5.49. The number of imidazole rings is 1. The highest BCUT2D eigenvalue weighted by Crippen LogP contribution is 2.19. The number of hydrogen-bond acceptors (Lipinski definition) is 3. The average molecular weight is 324 g/mol. The zero-order valence-electron chi connectivity index (χ0n) is 10.3. The summed E-state index contributed by atoms with van der Waals surface area (Å²) in [5.41, 5.74) is -0.445. The molecule has 7 heteroatoms. The number of sulfonamides is 1. The number of alkyl halides is 1. The molecule has 1 heterocycles. The average Bonchev–Trinajstić information content (AvgIpc) is 2.65. The van der Waals surface area contributed by atoms with Gasteiger partial charge in [-0.25, -0.2) is 18.1 Å². The Labute approximate surface area is 111 Å². The lowest BCUT2D eigenvalue weighted by Gasteiger charge is -2.28. The fourth-order valence-corrected chi connectivity index (χ4v) is 3.78. The van der Waals surface area contributed by atoms with Gasteiger partial charge in [-0.05, 0) is 19.8 Å². The number of halogens is 1. The molecule has 0 bridgehead atoms. The Bertz CT molecular complexity index is 472. The number of rotatable bonds is 6. The molecule has 1 aromatic heterocycles. The van der Waals surface area contributed by atoms with E-state index in [9.17, 15) is 8.42 Å². The van der Waals surface area contributed by atoms with E-state index in [4.69, 9.17) is 0 Å². The molecular weight excluding hydrogens is 306 g/mol. The predicted molar refractivity (Wildman–Crippen MR) is 70.6 cm³/mol. The van der Waals surface area contributed by atoms with E-state index in [1.54, 1.807) is 11.6 Å². The van der Waals surface area contributed by atoms with Crippen LogP contribution in [0.1, 0.15) is 26.7 Å². The first-order valence-corrected chi connectivity index (χ1v) is 8.01. The fraction of sp³-hybridized carbons (Fsp3) is 0.700. The van der Waals surface area contributed by atoms with Gasteiger partial charge in [-0.15, -0.1) is 0 Å². The van der Waals surface area contributed by atoms with Crippen LogP contribution >= 0.6 is 15.9 Å². The summed E-state index contributed by atoms with van der Waals surface area (Å²) >= 11 is 3.34. The van der Waals surface area contributed by atoms with Crippen LogP contribution in [0.5, 0.6) is 0 Å². The normalized spacial score (nSPS) is 15.8. The first-order chi connectivity index (χ1) is 7.83. The molecule has 1 unspecified atom stereocenters. The Morgan fingerprint density at radius 3 is 2.65 bits per heavy atom. The zero-order valence-corrected chi connectivity index (χ0v) is 12.7. The van der Waals surface area contributed by atoms with Crippen molar-refractivity contribution < 1.29 is 8.42 Å². The SMILES string of the molecule is CCC(C)(CCBr)NS(=O)(=O)c1cn(C)cn1. The minimum atomic E-state index is -3.53. The van der Waals surface area contributed by atoms with Gasteiger partial charge in [0.15, 0.2) is 5.03 Å². The van der Waals surface area contributed by atoms with Crippen molar-refractivity contribution in [3.63, 3.8) is 0 Å². The maximum absolute atomic E-state index is 12.1. The predicted octanol–water partition coefficient (Wildman–Crippen LogP) is 1.65. The standard InChI is InChI=1S/C10H18BrN3O2S/c1-4-10(2,5-6-11)13-17(15,16)9-7-14(3)8-12-9/h7-8,13H,4-6H2,1-3H3. The molecule has 5 nitrogen and oxygen atoms in total. The van der Waals surface area contributed by atoms with Crippen molar-refractivity contribution in [1.29, 1.82) is 0 Å². The molecule has 0 aliphatic heterocycles. The molecule has 0 saturated carbocycles. The summed E-state index contributed by atoms with van der Waals surface area (Å²) in [4.78, 5) is 3.87. The summed E-state index contributed by atoms with van der Waals surface area (Å²) in [5.74, 6) is 0. The van der Waals surface area contributed by atoms with E-state index in [2.05, 4.69) is 25.6 Å². The van der Waals surface area contributed by atoms with E-state index in [-0.39, 0.29) is 5.03 Å². The van der Waals surface area contributed by atoms with Crippen LogP contribution in [-0.2, 0) is 17.1 Å². The molecule has 0 amide bonds. The smallest absolute Gasteiger partial charge is 0.260 e. The van der Waals surface area contributed by atoms with Gasteiger partial charge in [0.2, 0.25) is 0 Å². The third-order valence-electron chi connectivity index (χ3n) is 2.76. The topological polar surface area (TPSA) is 64.0 Å². The van der Waals surface area contributed by atoms with E-state index in [1.807, 2.05) is 13.8 Å². The molecule has 1 atom stereocenters. The summed E-state index contributed by atoms with van der Waals surface area (Å²) in [6, 6.07) is 0.